The van der Waals surface area contributed by atoms with Gasteiger partial charge in [0, 0.05) is 12.6 Å². The van der Waals surface area contributed by atoms with E-state index in [1.807, 2.05) is 0 Å². The molecule has 2 amide bonds. The number of amides is 2. The number of nitrogens with zero attached hydrogens (tertiary/aromatic N) is 1. The summed E-state index contributed by atoms with van der Waals surface area (Å²) in [4.78, 5) is 35.7. The van der Waals surface area contributed by atoms with Gasteiger partial charge in [-0.1, -0.05) is 42.7 Å². The number of carbonyl (C=O) groups excluding carboxylic acids is 3. The molecule has 4 heteroatoms. The largest absolute Gasteiger partial charge is 0.294 e. The molecule has 1 aliphatic rings. The fraction of sp³-hybridized carbons (Fsp3) is 0.421. The quantitative estimate of drug-likeness (QED) is 0.573. The van der Waals surface area contributed by atoms with E-state index in [9.17, 15) is 14.4 Å². The number of rotatable bonds is 7. The van der Waals surface area contributed by atoms with Crippen LogP contribution >= 0.6 is 0 Å². The number of unbranched alkanes of at least 4 members (excludes halogenated alkanes) is 3. The second-order valence-corrected chi connectivity index (χ2v) is 6.02. The number of aryl methyl sites for hydroxylation is 2. The standard InChI is InChI=1S/C19H23NO3/c1-15-8-10-16(11-9-15)6-4-2-3-5-7-18(22)20-13-12-17(21)14-19(20)23/h8-13H,2-7,14H2,1H3. The zero-order valence-electron chi connectivity index (χ0n) is 13.6. The van der Waals surface area contributed by atoms with Crippen molar-refractivity contribution in [3.8, 4) is 0 Å². The minimum Gasteiger partial charge on any atom is -0.294 e. The van der Waals surface area contributed by atoms with Crippen molar-refractivity contribution < 1.29 is 14.4 Å². The van der Waals surface area contributed by atoms with Crippen molar-refractivity contribution in [2.75, 3.05) is 0 Å². The average molecular weight is 313 g/mol. The number of hydrogen-bond donors (Lipinski definition) is 0. The van der Waals surface area contributed by atoms with E-state index in [2.05, 4.69) is 31.2 Å². The van der Waals surface area contributed by atoms with Crippen LogP contribution in [0.5, 0.6) is 0 Å². The number of ketones is 1. The highest BCUT2D eigenvalue weighted by Crippen LogP contribution is 2.12. The van der Waals surface area contributed by atoms with Crippen molar-refractivity contribution in [2.24, 2.45) is 0 Å². The summed E-state index contributed by atoms with van der Waals surface area (Å²) >= 11 is 0. The molecule has 0 spiro atoms. The summed E-state index contributed by atoms with van der Waals surface area (Å²) in [5.74, 6) is -0.866. The van der Waals surface area contributed by atoms with Gasteiger partial charge in [0.1, 0.15) is 0 Å². The molecule has 0 bridgehead atoms. The molecule has 0 aliphatic carbocycles. The van der Waals surface area contributed by atoms with Gasteiger partial charge < -0.3 is 0 Å². The van der Waals surface area contributed by atoms with Gasteiger partial charge in [-0.2, -0.15) is 0 Å². The molecule has 0 saturated heterocycles. The van der Waals surface area contributed by atoms with Crippen LogP contribution in [0, 0.1) is 6.92 Å². The summed E-state index contributed by atoms with van der Waals surface area (Å²) in [6, 6.07) is 8.58. The maximum atomic E-state index is 11.9. The van der Waals surface area contributed by atoms with Gasteiger partial charge in [0.25, 0.3) is 0 Å². The first kappa shape index (κ1) is 17.1. The zero-order valence-corrected chi connectivity index (χ0v) is 13.6. The highest BCUT2D eigenvalue weighted by molar-refractivity contribution is 6.11. The molecular weight excluding hydrogens is 290 g/mol. The molecular formula is C19H23NO3. The molecule has 0 unspecified atom stereocenters. The Morgan fingerprint density at radius 3 is 2.43 bits per heavy atom. The number of imide groups is 1. The van der Waals surface area contributed by atoms with Gasteiger partial charge in [0.2, 0.25) is 11.8 Å². The fourth-order valence-electron chi connectivity index (χ4n) is 2.59. The summed E-state index contributed by atoms with van der Waals surface area (Å²) in [7, 11) is 0. The number of carbonyl (C=O) groups is 3. The number of allylic oxidation sites excluding steroid dienone is 1. The molecule has 23 heavy (non-hydrogen) atoms. The highest BCUT2D eigenvalue weighted by Gasteiger charge is 2.23. The van der Waals surface area contributed by atoms with Crippen LogP contribution in [0.15, 0.2) is 36.5 Å². The lowest BCUT2D eigenvalue weighted by Gasteiger charge is -2.18. The molecule has 0 N–H and O–H groups in total. The molecule has 1 aliphatic heterocycles. The maximum Gasteiger partial charge on any atom is 0.241 e. The molecule has 1 heterocycles. The summed E-state index contributed by atoms with van der Waals surface area (Å²) in [5.41, 5.74) is 2.62. The zero-order chi connectivity index (χ0) is 16.7. The van der Waals surface area contributed by atoms with E-state index in [4.69, 9.17) is 0 Å². The molecule has 0 aromatic heterocycles. The first-order valence-electron chi connectivity index (χ1n) is 8.18. The van der Waals surface area contributed by atoms with Crippen LogP contribution in [0.3, 0.4) is 0 Å². The maximum absolute atomic E-state index is 11.9. The first-order chi connectivity index (χ1) is 11.1. The average Bonchev–Trinajstić information content (AvgIpc) is 2.52. The van der Waals surface area contributed by atoms with Gasteiger partial charge in [-0.25, -0.2) is 0 Å². The Kier molecular flexibility index (Phi) is 6.27. The van der Waals surface area contributed by atoms with Gasteiger partial charge in [-0.3, -0.25) is 19.3 Å². The van der Waals surface area contributed by atoms with Crippen LogP contribution in [-0.4, -0.2) is 22.5 Å². The van der Waals surface area contributed by atoms with Crippen molar-refractivity contribution in [1.29, 1.82) is 0 Å². The summed E-state index contributed by atoms with van der Waals surface area (Å²) in [5, 5.41) is 0. The second kappa shape index (κ2) is 8.42. The fourth-order valence-corrected chi connectivity index (χ4v) is 2.59. The minimum atomic E-state index is -0.415. The smallest absolute Gasteiger partial charge is 0.241 e. The first-order valence-corrected chi connectivity index (χ1v) is 8.18. The molecule has 0 radical (unpaired) electrons. The summed E-state index contributed by atoms with van der Waals surface area (Å²) in [6.07, 6.45) is 7.74. The Labute approximate surface area is 137 Å². The van der Waals surface area contributed by atoms with Crippen molar-refractivity contribution in [3.05, 3.63) is 47.7 Å². The Balaban J connectivity index is 1.61. The van der Waals surface area contributed by atoms with Crippen LogP contribution in [0.1, 0.15) is 49.7 Å². The van der Waals surface area contributed by atoms with Gasteiger partial charge in [0.05, 0.1) is 6.42 Å². The molecule has 4 nitrogen and oxygen atoms in total. The molecule has 0 atom stereocenters. The molecule has 1 aromatic carbocycles. The van der Waals surface area contributed by atoms with E-state index in [0.717, 1.165) is 37.0 Å². The van der Waals surface area contributed by atoms with Gasteiger partial charge in [-0.05, 0) is 37.8 Å². The van der Waals surface area contributed by atoms with Crippen molar-refractivity contribution in [2.45, 2.75) is 51.9 Å². The molecule has 1 aromatic rings. The third kappa shape index (κ3) is 5.47. The highest BCUT2D eigenvalue weighted by atomic mass is 16.2. The van der Waals surface area contributed by atoms with Crippen LogP contribution in [0.25, 0.3) is 0 Å². The lowest BCUT2D eigenvalue weighted by molar-refractivity contribution is -0.143. The monoisotopic (exact) mass is 313 g/mol. The van der Waals surface area contributed by atoms with Crippen LogP contribution in [-0.2, 0) is 20.8 Å². The Hall–Kier alpha value is -2.23. The van der Waals surface area contributed by atoms with Crippen molar-refractivity contribution in [1.82, 2.24) is 4.90 Å². The van der Waals surface area contributed by atoms with Gasteiger partial charge >= 0.3 is 0 Å². The molecule has 2 rings (SSSR count). The van der Waals surface area contributed by atoms with E-state index in [-0.39, 0.29) is 18.1 Å². The van der Waals surface area contributed by atoms with Crippen molar-refractivity contribution >= 4 is 17.6 Å². The number of hydrogen-bond acceptors (Lipinski definition) is 3. The molecule has 122 valence electrons. The van der Waals surface area contributed by atoms with E-state index in [0.29, 0.717) is 6.42 Å². The second-order valence-electron chi connectivity index (χ2n) is 6.02. The summed E-state index contributed by atoms with van der Waals surface area (Å²) in [6.45, 7) is 2.08. The molecule has 0 fully saturated rings. The third-order valence-corrected chi connectivity index (χ3v) is 4.00. The van der Waals surface area contributed by atoms with Crippen LogP contribution in [0.4, 0.5) is 0 Å². The minimum absolute atomic E-state index is 0.196. The number of benzene rings is 1. The van der Waals surface area contributed by atoms with E-state index in [1.54, 1.807) is 0 Å². The normalized spacial score (nSPS) is 14.4. The van der Waals surface area contributed by atoms with Crippen molar-refractivity contribution in [3.63, 3.8) is 0 Å². The van der Waals surface area contributed by atoms with Gasteiger partial charge in [0.15, 0.2) is 5.78 Å². The van der Waals surface area contributed by atoms with E-state index in [1.165, 1.54) is 23.4 Å². The third-order valence-electron chi connectivity index (χ3n) is 4.00. The SMILES string of the molecule is Cc1ccc(CCCCCCC(=O)N2C=CC(=O)CC2=O)cc1. The predicted molar refractivity (Wildman–Crippen MR) is 88.6 cm³/mol. The van der Waals surface area contributed by atoms with Crippen LogP contribution in [0.2, 0.25) is 0 Å². The summed E-state index contributed by atoms with van der Waals surface area (Å²) < 4.78 is 0. The topological polar surface area (TPSA) is 54.5 Å². The lowest BCUT2D eigenvalue weighted by atomic mass is 10.0. The lowest BCUT2D eigenvalue weighted by Crippen LogP contribution is -2.35. The Morgan fingerprint density at radius 1 is 1.04 bits per heavy atom. The van der Waals surface area contributed by atoms with E-state index < -0.39 is 5.91 Å². The van der Waals surface area contributed by atoms with E-state index >= 15 is 0 Å². The predicted octanol–water partition coefficient (Wildman–Crippen LogP) is 3.33. The Bertz CT molecular complexity index is 602. The molecule has 0 saturated carbocycles. The Morgan fingerprint density at radius 2 is 1.74 bits per heavy atom. The van der Waals surface area contributed by atoms with Gasteiger partial charge in [-0.15, -0.1) is 0 Å². The van der Waals surface area contributed by atoms with Crippen LogP contribution < -0.4 is 0 Å².